The Morgan fingerprint density at radius 1 is 1.33 bits per heavy atom. The van der Waals surface area contributed by atoms with Gasteiger partial charge in [-0.2, -0.15) is 0 Å². The van der Waals surface area contributed by atoms with Crippen molar-refractivity contribution in [3.63, 3.8) is 0 Å². The second kappa shape index (κ2) is 4.73. The van der Waals surface area contributed by atoms with E-state index >= 15 is 0 Å². The maximum atomic E-state index is 11.4. The third-order valence-electron chi connectivity index (χ3n) is 2.18. The maximum Gasteiger partial charge on any atom is 0.221 e. The summed E-state index contributed by atoms with van der Waals surface area (Å²) >= 11 is 0. The van der Waals surface area contributed by atoms with Crippen LogP contribution in [0.4, 0.5) is 5.69 Å². The van der Waals surface area contributed by atoms with Gasteiger partial charge in [-0.15, -0.1) is 0 Å². The molecule has 1 amide bonds. The van der Waals surface area contributed by atoms with E-state index in [1.54, 1.807) is 18.2 Å². The lowest BCUT2D eigenvalue weighted by molar-refractivity contribution is -0.114. The molecule has 0 heterocycles. The molecule has 0 aliphatic rings. The van der Waals surface area contributed by atoms with Crippen LogP contribution in [0.3, 0.4) is 0 Å². The molecule has 15 heavy (non-hydrogen) atoms. The van der Waals surface area contributed by atoms with Crippen LogP contribution in [0.15, 0.2) is 18.2 Å². The third-order valence-corrected chi connectivity index (χ3v) is 2.18. The Balaban J connectivity index is 2.97. The monoisotopic (exact) mass is 205 g/mol. The van der Waals surface area contributed by atoms with Crippen molar-refractivity contribution in [3.05, 3.63) is 29.3 Å². The standard InChI is InChI=1S/C12H15NO2/c1-4-12(15)10-5-6-11(8(2)7-10)13-9(3)14/h5-7H,4H2,1-3H3,(H,13,14). The van der Waals surface area contributed by atoms with Gasteiger partial charge in [-0.25, -0.2) is 0 Å². The minimum Gasteiger partial charge on any atom is -0.326 e. The van der Waals surface area contributed by atoms with Gasteiger partial charge >= 0.3 is 0 Å². The second-order valence-corrected chi connectivity index (χ2v) is 3.49. The molecule has 0 unspecified atom stereocenters. The molecule has 0 radical (unpaired) electrons. The zero-order chi connectivity index (χ0) is 11.4. The quantitative estimate of drug-likeness (QED) is 0.771. The first-order valence-electron chi connectivity index (χ1n) is 4.96. The van der Waals surface area contributed by atoms with Crippen LogP contribution in [-0.2, 0) is 4.79 Å². The molecule has 1 aromatic rings. The average molecular weight is 205 g/mol. The molecule has 3 nitrogen and oxygen atoms in total. The van der Waals surface area contributed by atoms with Gasteiger partial charge in [0, 0.05) is 24.6 Å². The Kier molecular flexibility index (Phi) is 3.61. The highest BCUT2D eigenvalue weighted by Gasteiger charge is 2.06. The number of nitrogens with one attached hydrogen (secondary N) is 1. The van der Waals surface area contributed by atoms with Crippen LogP contribution in [0.2, 0.25) is 0 Å². The Bertz CT molecular complexity index is 397. The first kappa shape index (κ1) is 11.4. The number of hydrogen-bond acceptors (Lipinski definition) is 2. The van der Waals surface area contributed by atoms with Gasteiger partial charge in [-0.1, -0.05) is 6.92 Å². The van der Waals surface area contributed by atoms with E-state index in [0.29, 0.717) is 12.0 Å². The summed E-state index contributed by atoms with van der Waals surface area (Å²) in [5.41, 5.74) is 2.36. The van der Waals surface area contributed by atoms with E-state index < -0.39 is 0 Å². The fourth-order valence-corrected chi connectivity index (χ4v) is 1.37. The molecular weight excluding hydrogens is 190 g/mol. The van der Waals surface area contributed by atoms with Gasteiger partial charge in [0.05, 0.1) is 0 Å². The van der Waals surface area contributed by atoms with Crippen molar-refractivity contribution in [3.8, 4) is 0 Å². The van der Waals surface area contributed by atoms with Crippen molar-refractivity contribution in [2.24, 2.45) is 0 Å². The van der Waals surface area contributed by atoms with Crippen molar-refractivity contribution in [1.82, 2.24) is 0 Å². The van der Waals surface area contributed by atoms with Crippen LogP contribution in [0.5, 0.6) is 0 Å². The molecule has 0 aromatic heterocycles. The first-order chi connectivity index (χ1) is 7.04. The van der Waals surface area contributed by atoms with Crippen LogP contribution in [0, 0.1) is 6.92 Å². The summed E-state index contributed by atoms with van der Waals surface area (Å²) in [6.07, 6.45) is 0.499. The number of carbonyl (C=O) groups excluding carboxylic acids is 2. The molecule has 3 heteroatoms. The first-order valence-corrected chi connectivity index (χ1v) is 4.96. The summed E-state index contributed by atoms with van der Waals surface area (Å²) in [5, 5.41) is 2.71. The number of hydrogen-bond donors (Lipinski definition) is 1. The SMILES string of the molecule is CCC(=O)c1ccc(NC(C)=O)c(C)c1. The van der Waals surface area contributed by atoms with Crippen LogP contribution in [0.25, 0.3) is 0 Å². The molecule has 1 N–H and O–H groups in total. The zero-order valence-electron chi connectivity index (χ0n) is 9.26. The van der Waals surface area contributed by atoms with Crippen LogP contribution >= 0.6 is 0 Å². The van der Waals surface area contributed by atoms with E-state index in [2.05, 4.69) is 5.32 Å². The van der Waals surface area contributed by atoms with Gasteiger partial charge < -0.3 is 5.32 Å². The number of amides is 1. The van der Waals surface area contributed by atoms with Crippen LogP contribution < -0.4 is 5.32 Å². The summed E-state index contributed by atoms with van der Waals surface area (Å²) in [7, 11) is 0. The lowest BCUT2D eigenvalue weighted by Crippen LogP contribution is -2.08. The number of Topliss-reactive ketones (excluding diaryl/α,β-unsaturated/α-hetero) is 1. The smallest absolute Gasteiger partial charge is 0.221 e. The highest BCUT2D eigenvalue weighted by atomic mass is 16.1. The minimum atomic E-state index is -0.104. The number of carbonyl (C=O) groups is 2. The van der Waals surface area contributed by atoms with Gasteiger partial charge in [0.15, 0.2) is 5.78 Å². The second-order valence-electron chi connectivity index (χ2n) is 3.49. The van der Waals surface area contributed by atoms with Crippen molar-refractivity contribution in [2.45, 2.75) is 27.2 Å². The third kappa shape index (κ3) is 2.91. The topological polar surface area (TPSA) is 46.2 Å². The average Bonchev–Trinajstić information content (AvgIpc) is 2.19. The van der Waals surface area contributed by atoms with Crippen molar-refractivity contribution in [1.29, 1.82) is 0 Å². The van der Waals surface area contributed by atoms with Crippen molar-refractivity contribution in [2.75, 3.05) is 5.32 Å². The van der Waals surface area contributed by atoms with E-state index in [4.69, 9.17) is 0 Å². The Morgan fingerprint density at radius 2 is 2.00 bits per heavy atom. The van der Waals surface area contributed by atoms with E-state index in [1.807, 2.05) is 13.8 Å². The molecule has 0 aliphatic carbocycles. The molecule has 0 saturated heterocycles. The van der Waals surface area contributed by atoms with Gasteiger partial charge in [-0.3, -0.25) is 9.59 Å². The van der Waals surface area contributed by atoms with E-state index in [9.17, 15) is 9.59 Å². The Labute approximate surface area is 89.5 Å². The molecule has 0 atom stereocenters. The molecule has 1 rings (SSSR count). The van der Waals surface area contributed by atoms with Gasteiger partial charge in [0.25, 0.3) is 0 Å². The van der Waals surface area contributed by atoms with E-state index in [0.717, 1.165) is 11.3 Å². The van der Waals surface area contributed by atoms with Crippen molar-refractivity contribution >= 4 is 17.4 Å². The molecule has 0 spiro atoms. The summed E-state index contributed by atoms with van der Waals surface area (Å²) in [4.78, 5) is 22.3. The van der Waals surface area contributed by atoms with Gasteiger partial charge in [0.1, 0.15) is 0 Å². The fraction of sp³-hybridized carbons (Fsp3) is 0.333. The molecule has 0 bridgehead atoms. The number of ketones is 1. The minimum absolute atomic E-state index is 0.104. The highest BCUT2D eigenvalue weighted by molar-refractivity contribution is 5.97. The molecule has 0 fully saturated rings. The number of anilines is 1. The normalized spacial score (nSPS) is 9.80. The lowest BCUT2D eigenvalue weighted by Gasteiger charge is -2.07. The Morgan fingerprint density at radius 3 is 2.47 bits per heavy atom. The van der Waals surface area contributed by atoms with Gasteiger partial charge in [0.2, 0.25) is 5.91 Å². The van der Waals surface area contributed by atoms with Crippen LogP contribution in [-0.4, -0.2) is 11.7 Å². The van der Waals surface area contributed by atoms with Crippen LogP contribution in [0.1, 0.15) is 36.2 Å². The maximum absolute atomic E-state index is 11.4. The van der Waals surface area contributed by atoms with Crippen molar-refractivity contribution < 1.29 is 9.59 Å². The number of benzene rings is 1. The number of rotatable bonds is 3. The molecule has 0 saturated carbocycles. The highest BCUT2D eigenvalue weighted by Crippen LogP contribution is 2.17. The van der Waals surface area contributed by atoms with E-state index in [-0.39, 0.29) is 11.7 Å². The predicted octanol–water partition coefficient (Wildman–Crippen LogP) is 2.55. The van der Waals surface area contributed by atoms with E-state index in [1.165, 1.54) is 6.92 Å². The Hall–Kier alpha value is -1.64. The number of aryl methyl sites for hydroxylation is 1. The fourth-order valence-electron chi connectivity index (χ4n) is 1.37. The predicted molar refractivity (Wildman–Crippen MR) is 60.1 cm³/mol. The molecular formula is C12H15NO2. The summed E-state index contributed by atoms with van der Waals surface area (Å²) in [6, 6.07) is 5.31. The molecule has 1 aromatic carbocycles. The summed E-state index contributed by atoms with van der Waals surface area (Å²) in [6.45, 7) is 5.17. The zero-order valence-corrected chi connectivity index (χ0v) is 9.26. The summed E-state index contributed by atoms with van der Waals surface area (Å²) < 4.78 is 0. The van der Waals surface area contributed by atoms with Gasteiger partial charge in [-0.05, 0) is 30.7 Å². The molecule has 0 aliphatic heterocycles. The molecule has 80 valence electrons. The largest absolute Gasteiger partial charge is 0.326 e. The lowest BCUT2D eigenvalue weighted by atomic mass is 10.0. The summed E-state index contributed by atoms with van der Waals surface area (Å²) in [5.74, 6) is 0.0140.